The van der Waals surface area contributed by atoms with E-state index in [0.717, 1.165) is 17.1 Å². The van der Waals surface area contributed by atoms with Gasteiger partial charge in [-0.05, 0) is 43.3 Å². The number of rotatable bonds is 4. The van der Waals surface area contributed by atoms with Gasteiger partial charge in [0.1, 0.15) is 5.76 Å². The number of hydrogen-bond acceptors (Lipinski definition) is 10. The lowest BCUT2D eigenvalue weighted by Gasteiger charge is -2.32. The van der Waals surface area contributed by atoms with Gasteiger partial charge in [0.05, 0.1) is 44.2 Å². The lowest BCUT2D eigenvalue weighted by molar-refractivity contribution is -0.168. The van der Waals surface area contributed by atoms with Gasteiger partial charge >= 0.3 is 17.9 Å². The third-order valence-electron chi connectivity index (χ3n) is 4.55. The van der Waals surface area contributed by atoms with Gasteiger partial charge in [0.2, 0.25) is 0 Å². The zero-order valence-electron chi connectivity index (χ0n) is 18.3. The Kier molecular flexibility index (Phi) is 8.01. The third kappa shape index (κ3) is 7.95. The third-order valence-corrected chi connectivity index (χ3v) is 4.55. The minimum atomic E-state index is -0.570. The van der Waals surface area contributed by atoms with Crippen LogP contribution in [0.3, 0.4) is 0 Å². The summed E-state index contributed by atoms with van der Waals surface area (Å²) in [6.07, 6.45) is 0. The van der Waals surface area contributed by atoms with Gasteiger partial charge in [-0.3, -0.25) is 24.2 Å². The molecule has 4 rings (SSSR count). The predicted octanol–water partition coefficient (Wildman–Crippen LogP) is 2.69. The Labute approximate surface area is 191 Å². The number of cyclic esters (lactones) is 3. The van der Waals surface area contributed by atoms with E-state index < -0.39 is 11.9 Å². The fraction of sp³-hybridized carbons (Fsp3) is 0.261. The number of nitrogens with zero attached hydrogens (tertiary/aromatic N) is 4. The molecule has 2 fully saturated rings. The van der Waals surface area contributed by atoms with Crippen LogP contribution in [0.1, 0.15) is 5.56 Å². The molecule has 2 aliphatic heterocycles. The fourth-order valence-electron chi connectivity index (χ4n) is 3.08. The molecule has 33 heavy (non-hydrogen) atoms. The van der Waals surface area contributed by atoms with Crippen LogP contribution < -0.4 is 5.73 Å². The number of nitrogens with two attached hydrogens (primary N) is 1. The zero-order chi connectivity index (χ0) is 23.8. The number of aryl methyl sites for hydroxylation is 1. The maximum Gasteiger partial charge on any atom is 0.327 e. The molecule has 0 spiro atoms. The van der Waals surface area contributed by atoms with Crippen LogP contribution in [0.4, 0.5) is 17.1 Å². The van der Waals surface area contributed by atoms with Crippen molar-refractivity contribution >= 4 is 35.0 Å². The molecule has 0 radical (unpaired) electrons. The van der Waals surface area contributed by atoms with Crippen molar-refractivity contribution in [2.45, 2.75) is 6.92 Å². The highest BCUT2D eigenvalue weighted by Crippen LogP contribution is 2.19. The molecule has 2 heterocycles. The molecule has 172 valence electrons. The number of carbonyl (C=O) groups is 3. The van der Waals surface area contributed by atoms with Crippen LogP contribution in [0.5, 0.6) is 0 Å². The SMILES string of the molecule is C=C1CN(CN2CC(=O)OC(=O)C2)CC(=O)O1.Cc1ccc(N=Nc2ccc(N)cc2)cc1. The average Bonchev–Trinajstić information content (AvgIpc) is 2.73. The van der Waals surface area contributed by atoms with Crippen LogP contribution in [0, 0.1) is 6.92 Å². The van der Waals surface area contributed by atoms with Gasteiger partial charge in [-0.2, -0.15) is 10.2 Å². The summed E-state index contributed by atoms with van der Waals surface area (Å²) in [4.78, 5) is 36.6. The van der Waals surface area contributed by atoms with Crippen molar-refractivity contribution in [2.75, 3.05) is 38.6 Å². The molecule has 0 aromatic heterocycles. The fourth-order valence-corrected chi connectivity index (χ4v) is 3.08. The van der Waals surface area contributed by atoms with Crippen molar-refractivity contribution in [1.82, 2.24) is 9.80 Å². The molecule has 2 aromatic carbocycles. The van der Waals surface area contributed by atoms with Crippen LogP contribution >= 0.6 is 0 Å². The number of hydrogen-bond donors (Lipinski definition) is 1. The van der Waals surface area contributed by atoms with Gasteiger partial charge < -0.3 is 15.2 Å². The Bertz CT molecular complexity index is 934. The summed E-state index contributed by atoms with van der Waals surface area (Å²) in [5.74, 6) is -1.15. The van der Waals surface area contributed by atoms with Crippen molar-refractivity contribution in [3.8, 4) is 0 Å². The first-order valence-corrected chi connectivity index (χ1v) is 10.2. The van der Waals surface area contributed by atoms with E-state index >= 15 is 0 Å². The van der Waals surface area contributed by atoms with E-state index in [4.69, 9.17) is 10.5 Å². The summed E-state index contributed by atoms with van der Waals surface area (Å²) in [6, 6.07) is 15.2. The van der Waals surface area contributed by atoms with E-state index in [1.54, 1.807) is 9.80 Å². The zero-order valence-corrected chi connectivity index (χ0v) is 18.3. The molecule has 0 bridgehead atoms. The minimum Gasteiger partial charge on any atom is -0.429 e. The molecule has 0 aliphatic carbocycles. The Morgan fingerprint density at radius 2 is 1.24 bits per heavy atom. The highest BCUT2D eigenvalue weighted by Gasteiger charge is 2.28. The maximum atomic E-state index is 11.2. The Morgan fingerprint density at radius 1 is 0.788 bits per heavy atom. The van der Waals surface area contributed by atoms with Crippen LogP contribution in [-0.4, -0.2) is 60.6 Å². The molecule has 2 aliphatic rings. The first kappa shape index (κ1) is 23.8. The van der Waals surface area contributed by atoms with Gasteiger partial charge in [0.15, 0.2) is 0 Å². The number of benzene rings is 2. The molecule has 10 nitrogen and oxygen atoms in total. The summed E-state index contributed by atoms with van der Waals surface area (Å²) in [5.41, 5.74) is 9.17. The number of ether oxygens (including phenoxy) is 2. The van der Waals surface area contributed by atoms with Gasteiger partial charge in [-0.25, -0.2) is 0 Å². The van der Waals surface area contributed by atoms with Crippen LogP contribution in [-0.2, 0) is 23.9 Å². The van der Waals surface area contributed by atoms with Gasteiger partial charge in [0, 0.05) is 5.69 Å². The highest BCUT2D eigenvalue weighted by molar-refractivity contribution is 5.90. The van der Waals surface area contributed by atoms with E-state index in [0.29, 0.717) is 19.0 Å². The summed E-state index contributed by atoms with van der Waals surface area (Å²) < 4.78 is 9.20. The summed E-state index contributed by atoms with van der Waals surface area (Å²) in [7, 11) is 0. The van der Waals surface area contributed by atoms with Crippen molar-refractivity contribution in [3.05, 3.63) is 66.4 Å². The minimum absolute atomic E-state index is 0.0454. The predicted molar refractivity (Wildman–Crippen MR) is 121 cm³/mol. The normalized spacial score (nSPS) is 17.4. The Balaban J connectivity index is 0.000000186. The molecule has 0 amide bonds. The molecular formula is C23H25N5O5. The number of esters is 3. The first-order chi connectivity index (χ1) is 15.8. The van der Waals surface area contributed by atoms with Gasteiger partial charge in [-0.1, -0.05) is 24.3 Å². The smallest absolute Gasteiger partial charge is 0.327 e. The van der Waals surface area contributed by atoms with E-state index in [2.05, 4.69) is 21.5 Å². The molecule has 10 heteroatoms. The first-order valence-electron chi connectivity index (χ1n) is 10.2. The van der Waals surface area contributed by atoms with Crippen molar-refractivity contribution in [1.29, 1.82) is 0 Å². The summed E-state index contributed by atoms with van der Waals surface area (Å²) in [5, 5.41) is 8.25. The second-order valence-electron chi connectivity index (χ2n) is 7.60. The van der Waals surface area contributed by atoms with Crippen LogP contribution in [0.15, 0.2) is 71.1 Å². The van der Waals surface area contributed by atoms with Gasteiger partial charge in [0.25, 0.3) is 0 Å². The van der Waals surface area contributed by atoms with E-state index in [1.165, 1.54) is 5.56 Å². The van der Waals surface area contributed by atoms with Crippen LogP contribution in [0.25, 0.3) is 0 Å². The molecule has 2 N–H and O–H groups in total. The number of anilines is 1. The summed E-state index contributed by atoms with van der Waals surface area (Å²) >= 11 is 0. The Hall–Kier alpha value is -3.89. The van der Waals surface area contributed by atoms with Crippen molar-refractivity contribution in [3.63, 3.8) is 0 Å². The lowest BCUT2D eigenvalue weighted by Crippen LogP contribution is -2.50. The second-order valence-corrected chi connectivity index (χ2v) is 7.60. The molecule has 0 saturated carbocycles. The quantitative estimate of drug-likeness (QED) is 0.325. The highest BCUT2D eigenvalue weighted by atomic mass is 16.6. The molecule has 2 aromatic rings. The monoisotopic (exact) mass is 451 g/mol. The molecule has 2 saturated heterocycles. The topological polar surface area (TPSA) is 127 Å². The average molecular weight is 451 g/mol. The number of carbonyl (C=O) groups excluding carboxylic acids is 3. The lowest BCUT2D eigenvalue weighted by atomic mass is 10.2. The summed E-state index contributed by atoms with van der Waals surface area (Å²) in [6.45, 7) is 6.57. The van der Waals surface area contributed by atoms with Gasteiger partial charge in [-0.15, -0.1) is 0 Å². The molecule has 0 unspecified atom stereocenters. The number of azo groups is 1. The molecular weight excluding hydrogens is 426 g/mol. The van der Waals surface area contributed by atoms with Crippen LogP contribution in [0.2, 0.25) is 0 Å². The van der Waals surface area contributed by atoms with E-state index in [9.17, 15) is 14.4 Å². The molecule has 0 atom stereocenters. The van der Waals surface area contributed by atoms with E-state index in [-0.39, 0.29) is 25.6 Å². The van der Waals surface area contributed by atoms with E-state index in [1.807, 2.05) is 55.5 Å². The second kappa shape index (κ2) is 11.1. The standard InChI is InChI=1S/C13H13N3.C10H12N2O5/c1-10-2-6-12(7-3-10)15-16-13-8-4-11(14)5-9-13;1-7-2-11(3-8(13)16-7)6-12-4-9(14)17-10(15)5-12/h2-9H,14H2,1H3;1-6H2. The van der Waals surface area contributed by atoms with Crippen molar-refractivity contribution < 1.29 is 23.9 Å². The van der Waals surface area contributed by atoms with Crippen molar-refractivity contribution in [2.24, 2.45) is 10.2 Å². The number of nitrogen functional groups attached to an aromatic ring is 1. The maximum absolute atomic E-state index is 11.2. The Morgan fingerprint density at radius 3 is 1.76 bits per heavy atom. The number of morpholine rings is 2. The largest absolute Gasteiger partial charge is 0.429 e.